The van der Waals surface area contributed by atoms with Crippen molar-refractivity contribution < 1.29 is 9.13 Å². The summed E-state index contributed by atoms with van der Waals surface area (Å²) in [6, 6.07) is 6.92. The lowest BCUT2D eigenvalue weighted by molar-refractivity contribution is 0.289. The third kappa shape index (κ3) is 4.41. The van der Waals surface area contributed by atoms with E-state index in [-0.39, 0.29) is 5.82 Å². The minimum Gasteiger partial charge on any atom is -0.490 e. The number of nitriles is 1. The molecular formula is C13H17FN2O. The van der Waals surface area contributed by atoms with E-state index in [4.69, 9.17) is 15.7 Å². The van der Waals surface area contributed by atoms with Gasteiger partial charge in [0.1, 0.15) is 0 Å². The topological polar surface area (TPSA) is 59.0 Å². The Hall–Kier alpha value is -1.60. The molecule has 0 bridgehead atoms. The van der Waals surface area contributed by atoms with Crippen LogP contribution >= 0.6 is 0 Å². The largest absolute Gasteiger partial charge is 0.490 e. The molecule has 0 aromatic heterocycles. The maximum absolute atomic E-state index is 13.5. The molecule has 0 saturated heterocycles. The van der Waals surface area contributed by atoms with Crippen LogP contribution in [0.15, 0.2) is 18.2 Å². The van der Waals surface area contributed by atoms with E-state index in [1.807, 2.05) is 6.07 Å². The fourth-order valence-electron chi connectivity index (χ4n) is 1.55. The maximum Gasteiger partial charge on any atom is 0.165 e. The van der Waals surface area contributed by atoms with Crippen molar-refractivity contribution in [2.75, 3.05) is 13.2 Å². The predicted molar refractivity (Wildman–Crippen MR) is 64.1 cm³/mol. The molecule has 0 aliphatic heterocycles. The van der Waals surface area contributed by atoms with E-state index in [0.29, 0.717) is 31.7 Å². The molecule has 17 heavy (non-hydrogen) atoms. The van der Waals surface area contributed by atoms with Crippen molar-refractivity contribution >= 4 is 0 Å². The van der Waals surface area contributed by atoms with Crippen molar-refractivity contribution in [1.82, 2.24) is 0 Å². The van der Waals surface area contributed by atoms with Gasteiger partial charge in [0, 0.05) is 6.42 Å². The number of unbranched alkanes of at least 4 members (excludes halogenated alkanes) is 2. The Balaban J connectivity index is 2.53. The van der Waals surface area contributed by atoms with Gasteiger partial charge in [0.05, 0.1) is 12.7 Å². The quantitative estimate of drug-likeness (QED) is 0.739. The summed E-state index contributed by atoms with van der Waals surface area (Å²) in [7, 11) is 0. The standard InChI is InChI=1S/C13H17FN2O/c14-12-6-4-5-11(7-9-16)13(12)17-10-3-1-2-8-15/h4-6H,1-3,7,9-10,16H2. The second-order valence-electron chi connectivity index (χ2n) is 3.73. The SMILES string of the molecule is N#CCCCCOc1c(F)cccc1CCN. The molecule has 2 N–H and O–H groups in total. The summed E-state index contributed by atoms with van der Waals surface area (Å²) >= 11 is 0. The highest BCUT2D eigenvalue weighted by Crippen LogP contribution is 2.23. The van der Waals surface area contributed by atoms with E-state index in [2.05, 4.69) is 6.07 Å². The molecule has 3 nitrogen and oxygen atoms in total. The van der Waals surface area contributed by atoms with Crippen LogP contribution in [-0.2, 0) is 6.42 Å². The zero-order chi connectivity index (χ0) is 12.5. The summed E-state index contributed by atoms with van der Waals surface area (Å²) in [6.45, 7) is 0.897. The highest BCUT2D eigenvalue weighted by atomic mass is 19.1. The first-order chi connectivity index (χ1) is 8.29. The number of ether oxygens (including phenoxy) is 1. The first-order valence-corrected chi connectivity index (χ1v) is 5.76. The van der Waals surface area contributed by atoms with Crippen LogP contribution in [0.5, 0.6) is 5.75 Å². The van der Waals surface area contributed by atoms with Crippen LogP contribution in [0.1, 0.15) is 24.8 Å². The van der Waals surface area contributed by atoms with Crippen LogP contribution in [0.4, 0.5) is 4.39 Å². The number of rotatable bonds is 7. The third-order valence-electron chi connectivity index (χ3n) is 2.39. The van der Waals surface area contributed by atoms with Crippen LogP contribution in [0, 0.1) is 17.1 Å². The van der Waals surface area contributed by atoms with Crippen LogP contribution in [0.25, 0.3) is 0 Å². The molecule has 0 fully saturated rings. The minimum absolute atomic E-state index is 0.301. The van der Waals surface area contributed by atoms with Crippen molar-refractivity contribution in [3.8, 4) is 11.8 Å². The number of halogens is 1. The summed E-state index contributed by atoms with van der Waals surface area (Å²) in [6.07, 6.45) is 2.64. The second-order valence-corrected chi connectivity index (χ2v) is 3.73. The Kier molecular flexibility index (Phi) is 6.05. The lowest BCUT2D eigenvalue weighted by atomic mass is 10.1. The average molecular weight is 236 g/mol. The van der Waals surface area contributed by atoms with Gasteiger partial charge in [-0.05, 0) is 37.4 Å². The average Bonchev–Trinajstić information content (AvgIpc) is 2.32. The Labute approximate surface area is 101 Å². The lowest BCUT2D eigenvalue weighted by Crippen LogP contribution is -2.07. The highest BCUT2D eigenvalue weighted by Gasteiger charge is 2.08. The van der Waals surface area contributed by atoms with Crippen LogP contribution in [0.3, 0.4) is 0 Å². The van der Waals surface area contributed by atoms with Crippen LogP contribution < -0.4 is 10.5 Å². The second kappa shape index (κ2) is 7.64. The van der Waals surface area contributed by atoms with E-state index in [1.54, 1.807) is 6.07 Å². The maximum atomic E-state index is 13.5. The molecule has 0 aliphatic rings. The van der Waals surface area contributed by atoms with E-state index in [0.717, 1.165) is 18.4 Å². The molecule has 0 atom stereocenters. The molecule has 1 rings (SSSR count). The molecule has 92 valence electrons. The first kappa shape index (κ1) is 13.5. The smallest absolute Gasteiger partial charge is 0.165 e. The summed E-state index contributed by atoms with van der Waals surface area (Å²) in [5, 5.41) is 8.38. The lowest BCUT2D eigenvalue weighted by Gasteiger charge is -2.11. The monoisotopic (exact) mass is 236 g/mol. The number of nitrogens with two attached hydrogens (primary N) is 1. The van der Waals surface area contributed by atoms with E-state index in [9.17, 15) is 4.39 Å². The molecule has 0 amide bonds. The summed E-state index contributed by atoms with van der Waals surface area (Å²) in [5.74, 6) is -0.0499. The van der Waals surface area contributed by atoms with Gasteiger partial charge in [-0.1, -0.05) is 12.1 Å². The van der Waals surface area contributed by atoms with E-state index < -0.39 is 0 Å². The number of hydrogen-bond donors (Lipinski definition) is 1. The van der Waals surface area contributed by atoms with Gasteiger partial charge in [-0.25, -0.2) is 4.39 Å². The Bertz CT molecular complexity index is 387. The molecule has 0 spiro atoms. The van der Waals surface area contributed by atoms with Gasteiger partial charge in [-0.3, -0.25) is 0 Å². The van der Waals surface area contributed by atoms with Crippen LogP contribution in [0.2, 0.25) is 0 Å². The predicted octanol–water partition coefficient (Wildman–Crippen LogP) is 2.40. The molecule has 0 unspecified atom stereocenters. The third-order valence-corrected chi connectivity index (χ3v) is 2.39. The Morgan fingerprint density at radius 2 is 2.18 bits per heavy atom. The van der Waals surface area contributed by atoms with Crippen molar-refractivity contribution in [3.63, 3.8) is 0 Å². The zero-order valence-electron chi connectivity index (χ0n) is 9.79. The summed E-state index contributed by atoms with van der Waals surface area (Å²) in [5.41, 5.74) is 6.26. The summed E-state index contributed by atoms with van der Waals surface area (Å²) < 4.78 is 19.0. The van der Waals surface area contributed by atoms with Gasteiger partial charge in [0.25, 0.3) is 0 Å². The molecule has 0 heterocycles. The van der Waals surface area contributed by atoms with Gasteiger partial charge < -0.3 is 10.5 Å². The fraction of sp³-hybridized carbons (Fsp3) is 0.462. The first-order valence-electron chi connectivity index (χ1n) is 5.76. The number of para-hydroxylation sites is 1. The van der Waals surface area contributed by atoms with Crippen LogP contribution in [-0.4, -0.2) is 13.2 Å². The minimum atomic E-state index is -0.351. The van der Waals surface area contributed by atoms with Crippen molar-refractivity contribution in [2.24, 2.45) is 5.73 Å². The van der Waals surface area contributed by atoms with Gasteiger partial charge in [-0.15, -0.1) is 0 Å². The molecule has 0 aliphatic carbocycles. The highest BCUT2D eigenvalue weighted by molar-refractivity contribution is 5.35. The number of nitrogens with zero attached hydrogens (tertiary/aromatic N) is 1. The fourth-order valence-corrected chi connectivity index (χ4v) is 1.55. The Morgan fingerprint density at radius 1 is 1.35 bits per heavy atom. The van der Waals surface area contributed by atoms with Gasteiger partial charge in [0.2, 0.25) is 0 Å². The molecule has 0 radical (unpaired) electrons. The van der Waals surface area contributed by atoms with Gasteiger partial charge in [0.15, 0.2) is 11.6 Å². The summed E-state index contributed by atoms with van der Waals surface area (Å²) in [4.78, 5) is 0. The molecule has 0 saturated carbocycles. The van der Waals surface area contributed by atoms with Crippen molar-refractivity contribution in [2.45, 2.75) is 25.7 Å². The molecule has 1 aromatic carbocycles. The van der Waals surface area contributed by atoms with E-state index in [1.165, 1.54) is 6.07 Å². The van der Waals surface area contributed by atoms with E-state index >= 15 is 0 Å². The van der Waals surface area contributed by atoms with Crippen molar-refractivity contribution in [3.05, 3.63) is 29.6 Å². The molecule has 1 aromatic rings. The normalized spacial score (nSPS) is 9.94. The Morgan fingerprint density at radius 3 is 2.88 bits per heavy atom. The molecular weight excluding hydrogens is 219 g/mol. The number of hydrogen-bond acceptors (Lipinski definition) is 3. The number of benzene rings is 1. The van der Waals surface area contributed by atoms with Gasteiger partial charge >= 0.3 is 0 Å². The van der Waals surface area contributed by atoms with Crippen molar-refractivity contribution in [1.29, 1.82) is 5.26 Å². The van der Waals surface area contributed by atoms with Gasteiger partial charge in [-0.2, -0.15) is 5.26 Å². The molecule has 4 heteroatoms. The zero-order valence-corrected chi connectivity index (χ0v) is 9.79.